The van der Waals surface area contributed by atoms with Crippen LogP contribution in [0.5, 0.6) is 0 Å². The number of nitrogens with one attached hydrogen (secondary N) is 1. The Balaban J connectivity index is 2.00. The van der Waals surface area contributed by atoms with Crippen molar-refractivity contribution in [2.75, 3.05) is 0 Å². The number of rotatable bonds is 1. The molecule has 0 aromatic carbocycles. The molecule has 1 N–H and O–H groups in total. The molecule has 2 nitrogen and oxygen atoms in total. The molecule has 11 heavy (non-hydrogen) atoms. The van der Waals surface area contributed by atoms with Crippen molar-refractivity contribution in [3.8, 4) is 0 Å². The first-order chi connectivity index (χ1) is 5.09. The minimum absolute atomic E-state index is 0.0950. The van der Waals surface area contributed by atoms with Gasteiger partial charge in [0.2, 0.25) is 5.91 Å². The topological polar surface area (TPSA) is 29.1 Å². The molecule has 60 valence electrons. The zero-order chi connectivity index (χ0) is 8.06. The molecule has 2 rings (SSSR count). The van der Waals surface area contributed by atoms with Gasteiger partial charge in [-0.15, -0.1) is 0 Å². The second-order valence-electron chi connectivity index (χ2n) is 2.97. The molecule has 1 heterocycles. The standard InChI is InChI=1S/C7H7F2NO/c8-7(9)3-4(7)5-1-2-6(11)10-5/h1-2,4-5H,3H2,(H,10,11). The molecule has 0 aromatic rings. The van der Waals surface area contributed by atoms with Gasteiger partial charge in [0.05, 0.1) is 12.0 Å². The quantitative estimate of drug-likeness (QED) is 0.599. The maximum absolute atomic E-state index is 12.4. The molecule has 1 aliphatic heterocycles. The van der Waals surface area contributed by atoms with Crippen LogP contribution in [0, 0.1) is 5.92 Å². The van der Waals surface area contributed by atoms with E-state index in [0.717, 1.165) is 0 Å². The second-order valence-corrected chi connectivity index (χ2v) is 2.97. The predicted molar refractivity (Wildman–Crippen MR) is 34.1 cm³/mol. The third kappa shape index (κ3) is 1.02. The highest BCUT2D eigenvalue weighted by atomic mass is 19.3. The molecule has 0 bridgehead atoms. The van der Waals surface area contributed by atoms with Crippen molar-refractivity contribution in [1.29, 1.82) is 0 Å². The van der Waals surface area contributed by atoms with Gasteiger partial charge in [-0.05, 0) is 0 Å². The number of alkyl halides is 2. The molecule has 0 spiro atoms. The molecular formula is C7H7F2NO. The Hall–Kier alpha value is -0.930. The fourth-order valence-corrected chi connectivity index (χ4v) is 1.31. The lowest BCUT2D eigenvalue weighted by molar-refractivity contribution is -0.116. The van der Waals surface area contributed by atoms with E-state index in [2.05, 4.69) is 5.32 Å². The Bertz CT molecular complexity index is 237. The van der Waals surface area contributed by atoms with E-state index in [1.807, 2.05) is 0 Å². The van der Waals surface area contributed by atoms with Gasteiger partial charge in [-0.25, -0.2) is 8.78 Å². The molecular weight excluding hydrogens is 152 g/mol. The summed E-state index contributed by atoms with van der Waals surface area (Å²) in [5.74, 6) is -3.48. The van der Waals surface area contributed by atoms with Crippen molar-refractivity contribution in [2.45, 2.75) is 18.4 Å². The first kappa shape index (κ1) is 6.76. The molecule has 0 aromatic heterocycles. The van der Waals surface area contributed by atoms with Gasteiger partial charge in [0.15, 0.2) is 0 Å². The Kier molecular flexibility index (Phi) is 1.11. The van der Waals surface area contributed by atoms with Crippen LogP contribution in [0.1, 0.15) is 6.42 Å². The summed E-state index contributed by atoms with van der Waals surface area (Å²) in [7, 11) is 0. The summed E-state index contributed by atoms with van der Waals surface area (Å²) in [4.78, 5) is 10.6. The number of hydrogen-bond acceptors (Lipinski definition) is 1. The molecule has 1 fully saturated rings. The molecule has 1 amide bonds. The largest absolute Gasteiger partial charge is 0.346 e. The number of amides is 1. The molecule has 1 saturated carbocycles. The SMILES string of the molecule is O=C1C=CC(C2CC2(F)F)N1. The first-order valence-electron chi connectivity index (χ1n) is 3.46. The zero-order valence-corrected chi connectivity index (χ0v) is 5.68. The van der Waals surface area contributed by atoms with Crippen LogP contribution < -0.4 is 5.32 Å². The third-order valence-corrected chi connectivity index (χ3v) is 2.07. The minimum Gasteiger partial charge on any atom is -0.346 e. The van der Waals surface area contributed by atoms with Gasteiger partial charge >= 0.3 is 0 Å². The van der Waals surface area contributed by atoms with Crippen LogP contribution >= 0.6 is 0 Å². The average Bonchev–Trinajstić information content (AvgIpc) is 2.39. The van der Waals surface area contributed by atoms with Gasteiger partial charge in [0, 0.05) is 12.5 Å². The molecule has 0 radical (unpaired) electrons. The maximum Gasteiger partial charge on any atom is 0.254 e. The van der Waals surface area contributed by atoms with Crippen LogP contribution in [-0.2, 0) is 4.79 Å². The number of hydrogen-bond donors (Lipinski definition) is 1. The smallest absolute Gasteiger partial charge is 0.254 e. The van der Waals surface area contributed by atoms with Crippen LogP contribution in [0.4, 0.5) is 8.78 Å². The Morgan fingerprint density at radius 2 is 2.27 bits per heavy atom. The monoisotopic (exact) mass is 159 g/mol. The van der Waals surface area contributed by atoms with Crippen molar-refractivity contribution in [1.82, 2.24) is 5.32 Å². The highest BCUT2D eigenvalue weighted by molar-refractivity contribution is 5.90. The number of carbonyl (C=O) groups excluding carboxylic acids is 1. The Morgan fingerprint density at radius 1 is 1.64 bits per heavy atom. The highest BCUT2D eigenvalue weighted by Crippen LogP contribution is 2.51. The summed E-state index contributed by atoms with van der Waals surface area (Å²) in [6.45, 7) is 0. The molecule has 4 heteroatoms. The highest BCUT2D eigenvalue weighted by Gasteiger charge is 2.60. The van der Waals surface area contributed by atoms with Crippen LogP contribution in [-0.4, -0.2) is 17.9 Å². The van der Waals surface area contributed by atoms with E-state index >= 15 is 0 Å². The van der Waals surface area contributed by atoms with Gasteiger partial charge in [0.25, 0.3) is 5.92 Å². The molecule has 2 unspecified atom stereocenters. The van der Waals surface area contributed by atoms with Crippen molar-refractivity contribution >= 4 is 5.91 Å². The molecule has 0 saturated heterocycles. The van der Waals surface area contributed by atoms with Gasteiger partial charge in [0.1, 0.15) is 0 Å². The van der Waals surface area contributed by atoms with E-state index in [1.165, 1.54) is 12.2 Å². The molecule has 2 atom stereocenters. The van der Waals surface area contributed by atoms with Crippen LogP contribution in [0.2, 0.25) is 0 Å². The first-order valence-corrected chi connectivity index (χ1v) is 3.46. The van der Waals surface area contributed by atoms with Gasteiger partial charge < -0.3 is 5.32 Å². The summed E-state index contributed by atoms with van der Waals surface area (Å²) in [5, 5.41) is 2.44. The summed E-state index contributed by atoms with van der Waals surface area (Å²) >= 11 is 0. The summed E-state index contributed by atoms with van der Waals surface area (Å²) in [5.41, 5.74) is 0. The molecule has 1 aliphatic carbocycles. The predicted octanol–water partition coefficient (Wildman–Crippen LogP) is 0.696. The fourth-order valence-electron chi connectivity index (χ4n) is 1.31. The van der Waals surface area contributed by atoms with Gasteiger partial charge in [-0.3, -0.25) is 4.79 Å². The van der Waals surface area contributed by atoms with Crippen molar-refractivity contribution < 1.29 is 13.6 Å². The van der Waals surface area contributed by atoms with E-state index in [-0.39, 0.29) is 12.3 Å². The normalized spacial score (nSPS) is 38.9. The average molecular weight is 159 g/mol. The van der Waals surface area contributed by atoms with Crippen molar-refractivity contribution in [3.05, 3.63) is 12.2 Å². The van der Waals surface area contributed by atoms with Crippen LogP contribution in [0.25, 0.3) is 0 Å². The van der Waals surface area contributed by atoms with Crippen LogP contribution in [0.15, 0.2) is 12.2 Å². The lowest BCUT2D eigenvalue weighted by Crippen LogP contribution is -2.29. The summed E-state index contributed by atoms with van der Waals surface area (Å²) in [6, 6.07) is -0.433. The lowest BCUT2D eigenvalue weighted by atomic mass is 10.2. The van der Waals surface area contributed by atoms with E-state index < -0.39 is 17.9 Å². The van der Waals surface area contributed by atoms with E-state index in [0.29, 0.717) is 0 Å². The minimum atomic E-state index is -2.55. The zero-order valence-electron chi connectivity index (χ0n) is 5.68. The van der Waals surface area contributed by atoms with Crippen molar-refractivity contribution in [2.24, 2.45) is 5.92 Å². The van der Waals surface area contributed by atoms with Gasteiger partial charge in [-0.1, -0.05) is 6.08 Å². The van der Waals surface area contributed by atoms with E-state index in [9.17, 15) is 13.6 Å². The fraction of sp³-hybridized carbons (Fsp3) is 0.571. The number of carbonyl (C=O) groups is 1. The summed E-state index contributed by atoms with van der Waals surface area (Å²) < 4.78 is 24.8. The Labute approximate surface area is 62.3 Å². The third-order valence-electron chi connectivity index (χ3n) is 2.07. The Morgan fingerprint density at radius 3 is 2.64 bits per heavy atom. The molecule has 2 aliphatic rings. The lowest BCUT2D eigenvalue weighted by Gasteiger charge is -2.06. The summed E-state index contributed by atoms with van der Waals surface area (Å²) in [6.07, 6.45) is 2.72. The van der Waals surface area contributed by atoms with E-state index in [1.54, 1.807) is 0 Å². The number of halogens is 2. The maximum atomic E-state index is 12.4. The second kappa shape index (κ2) is 1.81. The van der Waals surface area contributed by atoms with Crippen molar-refractivity contribution in [3.63, 3.8) is 0 Å². The van der Waals surface area contributed by atoms with E-state index in [4.69, 9.17) is 0 Å². The van der Waals surface area contributed by atoms with Gasteiger partial charge in [-0.2, -0.15) is 0 Å². The van der Waals surface area contributed by atoms with Crippen LogP contribution in [0.3, 0.4) is 0 Å².